The lowest BCUT2D eigenvalue weighted by Crippen LogP contribution is -2.47. The second-order valence-corrected chi connectivity index (χ2v) is 8.27. The second-order valence-electron chi connectivity index (χ2n) is 8.27. The molecule has 0 aromatic carbocycles. The van der Waals surface area contributed by atoms with Gasteiger partial charge in [0.2, 0.25) is 11.8 Å². The van der Waals surface area contributed by atoms with E-state index in [1.807, 2.05) is 28.9 Å². The highest BCUT2D eigenvalue weighted by Crippen LogP contribution is 2.31. The van der Waals surface area contributed by atoms with E-state index in [1.54, 1.807) is 6.20 Å². The predicted octanol–water partition coefficient (Wildman–Crippen LogP) is 1.71. The molecule has 31 heavy (non-hydrogen) atoms. The van der Waals surface area contributed by atoms with E-state index < -0.39 is 0 Å². The first-order valence-corrected chi connectivity index (χ1v) is 11.1. The molecule has 2 aromatic heterocycles. The van der Waals surface area contributed by atoms with Gasteiger partial charge in [-0.3, -0.25) is 14.6 Å². The van der Waals surface area contributed by atoms with Crippen molar-refractivity contribution in [1.29, 1.82) is 0 Å². The summed E-state index contributed by atoms with van der Waals surface area (Å²) in [6.07, 6.45) is 4.97. The van der Waals surface area contributed by atoms with Crippen molar-refractivity contribution < 1.29 is 14.1 Å². The predicted molar refractivity (Wildman–Crippen MR) is 113 cm³/mol. The first-order valence-electron chi connectivity index (χ1n) is 11.1. The molecule has 166 valence electrons. The third-order valence-corrected chi connectivity index (χ3v) is 6.12. The molecule has 2 saturated heterocycles. The van der Waals surface area contributed by atoms with Gasteiger partial charge in [0.15, 0.2) is 5.82 Å². The van der Waals surface area contributed by atoms with Gasteiger partial charge in [-0.1, -0.05) is 12.1 Å². The van der Waals surface area contributed by atoms with Crippen LogP contribution in [0.5, 0.6) is 0 Å². The Hall–Kier alpha value is -2.81. The van der Waals surface area contributed by atoms with Crippen molar-refractivity contribution in [3.63, 3.8) is 0 Å². The van der Waals surface area contributed by atoms with E-state index in [0.717, 1.165) is 51.3 Å². The Morgan fingerprint density at radius 3 is 2.65 bits per heavy atom. The summed E-state index contributed by atoms with van der Waals surface area (Å²) in [4.78, 5) is 40.4. The molecule has 4 rings (SSSR count). The Balaban J connectivity index is 1.36. The van der Waals surface area contributed by atoms with Gasteiger partial charge in [0.05, 0.1) is 17.3 Å². The van der Waals surface area contributed by atoms with Crippen molar-refractivity contribution in [2.45, 2.75) is 45.1 Å². The fraction of sp³-hybridized carbons (Fsp3) is 0.591. The van der Waals surface area contributed by atoms with Crippen LogP contribution in [0, 0.1) is 0 Å². The SMILES string of the molecule is CCc1noc(CCC(=O)N2CCCC2c2ccc(C(=O)N3CCN(C)CC3)cn2)n1. The summed E-state index contributed by atoms with van der Waals surface area (Å²) < 4.78 is 5.19. The van der Waals surface area contributed by atoms with Crippen molar-refractivity contribution in [3.8, 4) is 0 Å². The molecule has 9 heteroatoms. The highest BCUT2D eigenvalue weighted by molar-refractivity contribution is 5.94. The summed E-state index contributed by atoms with van der Waals surface area (Å²) in [6.45, 7) is 5.94. The number of amides is 2. The second kappa shape index (κ2) is 9.55. The average molecular weight is 427 g/mol. The quantitative estimate of drug-likeness (QED) is 0.694. The summed E-state index contributed by atoms with van der Waals surface area (Å²) in [7, 11) is 2.07. The van der Waals surface area contributed by atoms with Crippen molar-refractivity contribution in [1.82, 2.24) is 29.8 Å². The summed E-state index contributed by atoms with van der Waals surface area (Å²) in [6, 6.07) is 3.69. The number of rotatable bonds is 6. The molecular weight excluding hydrogens is 396 g/mol. The third kappa shape index (κ3) is 4.92. The number of hydrogen-bond donors (Lipinski definition) is 0. The van der Waals surface area contributed by atoms with Crippen molar-refractivity contribution in [2.24, 2.45) is 0 Å². The van der Waals surface area contributed by atoms with Crippen LogP contribution in [0.1, 0.15) is 60.0 Å². The van der Waals surface area contributed by atoms with E-state index in [4.69, 9.17) is 4.52 Å². The molecule has 0 spiro atoms. The Morgan fingerprint density at radius 1 is 1.16 bits per heavy atom. The lowest BCUT2D eigenvalue weighted by molar-refractivity contribution is -0.132. The van der Waals surface area contributed by atoms with E-state index in [2.05, 4.69) is 27.1 Å². The van der Waals surface area contributed by atoms with Crippen molar-refractivity contribution in [2.75, 3.05) is 39.8 Å². The standard InChI is InChI=1S/C22H30N6O3/c1-3-19-24-20(31-25-19)8-9-21(29)28-10-4-5-18(28)17-7-6-16(15-23-17)22(30)27-13-11-26(2)12-14-27/h6-7,15,18H,3-5,8-14H2,1-2H3. The van der Waals surface area contributed by atoms with E-state index in [9.17, 15) is 9.59 Å². The minimum Gasteiger partial charge on any atom is -0.339 e. The number of hydrogen-bond acceptors (Lipinski definition) is 7. The number of pyridine rings is 1. The maximum Gasteiger partial charge on any atom is 0.255 e. The van der Waals surface area contributed by atoms with E-state index in [0.29, 0.717) is 36.5 Å². The molecule has 0 radical (unpaired) electrons. The van der Waals surface area contributed by atoms with E-state index >= 15 is 0 Å². The fourth-order valence-electron chi connectivity index (χ4n) is 4.19. The summed E-state index contributed by atoms with van der Waals surface area (Å²) in [5, 5.41) is 3.88. The highest BCUT2D eigenvalue weighted by Gasteiger charge is 2.31. The van der Waals surface area contributed by atoms with Crippen molar-refractivity contribution in [3.05, 3.63) is 41.3 Å². The van der Waals surface area contributed by atoms with Gasteiger partial charge in [-0.2, -0.15) is 4.98 Å². The molecule has 2 aromatic rings. The van der Waals surface area contributed by atoms with E-state index in [-0.39, 0.29) is 17.9 Å². The number of aryl methyl sites for hydroxylation is 2. The number of carbonyl (C=O) groups excluding carboxylic acids is 2. The smallest absolute Gasteiger partial charge is 0.255 e. The molecule has 1 unspecified atom stereocenters. The summed E-state index contributed by atoms with van der Waals surface area (Å²) >= 11 is 0. The molecule has 0 aliphatic carbocycles. The monoisotopic (exact) mass is 426 g/mol. The van der Waals surface area contributed by atoms with Gasteiger partial charge in [-0.25, -0.2) is 0 Å². The van der Waals surface area contributed by atoms with Gasteiger partial charge in [0.25, 0.3) is 5.91 Å². The van der Waals surface area contributed by atoms with Gasteiger partial charge in [0, 0.05) is 58.2 Å². The average Bonchev–Trinajstić information content (AvgIpc) is 3.47. The van der Waals surface area contributed by atoms with Gasteiger partial charge in [0.1, 0.15) is 0 Å². The number of piperazine rings is 1. The van der Waals surface area contributed by atoms with Crippen LogP contribution in [0.4, 0.5) is 0 Å². The molecular formula is C22H30N6O3. The molecule has 2 amide bonds. The topological polar surface area (TPSA) is 95.7 Å². The number of aromatic nitrogens is 3. The Morgan fingerprint density at radius 2 is 1.97 bits per heavy atom. The molecule has 0 bridgehead atoms. The van der Waals surface area contributed by atoms with Crippen LogP contribution in [0.2, 0.25) is 0 Å². The molecule has 0 saturated carbocycles. The number of likely N-dealkylation sites (tertiary alicyclic amines) is 1. The summed E-state index contributed by atoms with van der Waals surface area (Å²) in [5.41, 5.74) is 1.44. The maximum absolute atomic E-state index is 12.8. The number of carbonyl (C=O) groups is 2. The Bertz CT molecular complexity index is 904. The Kier molecular flexibility index (Phi) is 6.60. The molecule has 0 N–H and O–H groups in total. The van der Waals surface area contributed by atoms with Crippen LogP contribution in [0.25, 0.3) is 0 Å². The van der Waals surface area contributed by atoms with Crippen LogP contribution in [-0.2, 0) is 17.6 Å². The molecule has 4 heterocycles. The minimum absolute atomic E-state index is 0.0255. The number of likely N-dealkylation sites (N-methyl/N-ethyl adjacent to an activating group) is 1. The van der Waals surface area contributed by atoms with Crippen LogP contribution in [0.15, 0.2) is 22.9 Å². The first-order chi connectivity index (χ1) is 15.0. The van der Waals surface area contributed by atoms with Gasteiger partial charge < -0.3 is 19.2 Å². The zero-order valence-corrected chi connectivity index (χ0v) is 18.3. The van der Waals surface area contributed by atoms with E-state index in [1.165, 1.54) is 0 Å². The van der Waals surface area contributed by atoms with Crippen molar-refractivity contribution >= 4 is 11.8 Å². The van der Waals surface area contributed by atoms with Gasteiger partial charge in [-0.15, -0.1) is 0 Å². The highest BCUT2D eigenvalue weighted by atomic mass is 16.5. The molecule has 2 aliphatic heterocycles. The minimum atomic E-state index is -0.0471. The molecule has 2 aliphatic rings. The third-order valence-electron chi connectivity index (χ3n) is 6.12. The maximum atomic E-state index is 12.8. The number of nitrogens with zero attached hydrogens (tertiary/aromatic N) is 6. The zero-order chi connectivity index (χ0) is 21.8. The fourth-order valence-corrected chi connectivity index (χ4v) is 4.19. The molecule has 1 atom stereocenters. The van der Waals surface area contributed by atoms with Crippen LogP contribution in [0.3, 0.4) is 0 Å². The normalized spacial score (nSPS) is 19.7. The van der Waals surface area contributed by atoms with Gasteiger partial charge in [-0.05, 0) is 32.0 Å². The zero-order valence-electron chi connectivity index (χ0n) is 18.3. The van der Waals surface area contributed by atoms with Gasteiger partial charge >= 0.3 is 0 Å². The summed E-state index contributed by atoms with van der Waals surface area (Å²) in [5.74, 6) is 1.26. The van der Waals surface area contributed by atoms with Crippen LogP contribution < -0.4 is 0 Å². The first kappa shape index (κ1) is 21.4. The molecule has 2 fully saturated rings. The Labute approximate surface area is 182 Å². The van der Waals surface area contributed by atoms with Crippen LogP contribution in [-0.4, -0.2) is 81.4 Å². The lowest BCUT2D eigenvalue weighted by atomic mass is 10.1. The van der Waals surface area contributed by atoms with Crippen LogP contribution >= 0.6 is 0 Å². The molecule has 9 nitrogen and oxygen atoms in total. The lowest BCUT2D eigenvalue weighted by Gasteiger charge is -2.32. The largest absolute Gasteiger partial charge is 0.339 e.